The number of amides is 1. The van der Waals surface area contributed by atoms with Crippen LogP contribution in [-0.2, 0) is 9.59 Å². The molecule has 1 saturated carbocycles. The first-order chi connectivity index (χ1) is 13.0. The van der Waals surface area contributed by atoms with Gasteiger partial charge in [0.15, 0.2) is 0 Å². The third-order valence-electron chi connectivity index (χ3n) is 5.98. The van der Waals surface area contributed by atoms with Crippen molar-refractivity contribution in [2.24, 2.45) is 11.8 Å². The van der Waals surface area contributed by atoms with Crippen molar-refractivity contribution in [2.45, 2.75) is 130 Å². The molecule has 0 atom stereocenters. The molecule has 1 aliphatic rings. The average molecular weight is 380 g/mol. The van der Waals surface area contributed by atoms with Gasteiger partial charge in [-0.15, -0.1) is 0 Å². The average Bonchev–Trinajstić information content (AvgIpc) is 2.61. The van der Waals surface area contributed by atoms with Crippen LogP contribution in [0.25, 0.3) is 0 Å². The van der Waals surface area contributed by atoms with E-state index in [1.807, 2.05) is 13.8 Å². The molecule has 0 aromatic rings. The van der Waals surface area contributed by atoms with Gasteiger partial charge < -0.3 is 5.32 Å². The Balaban J connectivity index is 1.82. The minimum absolute atomic E-state index is 0.123. The Morgan fingerprint density at radius 1 is 0.778 bits per heavy atom. The number of unbranched alkanes of at least 4 members (excludes halogenated alkanes) is 12. The molecule has 0 heterocycles. The summed E-state index contributed by atoms with van der Waals surface area (Å²) in [5.41, 5.74) is 0. The van der Waals surface area contributed by atoms with Gasteiger partial charge in [0.1, 0.15) is 5.78 Å². The van der Waals surface area contributed by atoms with Gasteiger partial charge in [0.05, 0.1) is 0 Å². The maximum atomic E-state index is 12.0. The predicted octanol–water partition coefficient (Wildman–Crippen LogP) is 6.59. The van der Waals surface area contributed by atoms with E-state index in [4.69, 9.17) is 0 Å². The highest BCUT2D eigenvalue weighted by atomic mass is 16.1. The molecule has 0 aromatic carbocycles. The van der Waals surface area contributed by atoms with E-state index in [0.717, 1.165) is 19.3 Å². The number of carbonyl (C=O) groups is 2. The van der Waals surface area contributed by atoms with E-state index in [2.05, 4.69) is 12.2 Å². The van der Waals surface area contributed by atoms with Gasteiger partial charge in [-0.3, -0.25) is 9.59 Å². The summed E-state index contributed by atoms with van der Waals surface area (Å²) in [6.07, 6.45) is 19.6. The van der Waals surface area contributed by atoms with Crippen molar-refractivity contribution in [3.8, 4) is 0 Å². The van der Waals surface area contributed by atoms with Crippen LogP contribution in [0.5, 0.6) is 0 Å². The molecule has 27 heavy (non-hydrogen) atoms. The van der Waals surface area contributed by atoms with Crippen LogP contribution in [0.2, 0.25) is 0 Å². The van der Waals surface area contributed by atoms with Crippen LogP contribution >= 0.6 is 0 Å². The predicted molar refractivity (Wildman–Crippen MR) is 115 cm³/mol. The van der Waals surface area contributed by atoms with Crippen molar-refractivity contribution in [1.82, 2.24) is 5.32 Å². The molecule has 1 N–H and O–H groups in total. The van der Waals surface area contributed by atoms with Gasteiger partial charge in [-0.1, -0.05) is 97.8 Å². The van der Waals surface area contributed by atoms with Crippen molar-refractivity contribution < 1.29 is 9.59 Å². The van der Waals surface area contributed by atoms with E-state index in [9.17, 15) is 9.59 Å². The highest BCUT2D eigenvalue weighted by Crippen LogP contribution is 2.30. The second-order valence-electron chi connectivity index (χ2n) is 8.98. The lowest BCUT2D eigenvalue weighted by Crippen LogP contribution is -2.47. The van der Waals surface area contributed by atoms with E-state index in [1.54, 1.807) is 0 Å². The van der Waals surface area contributed by atoms with Crippen molar-refractivity contribution in [3.63, 3.8) is 0 Å². The van der Waals surface area contributed by atoms with E-state index >= 15 is 0 Å². The van der Waals surface area contributed by atoms with Crippen LogP contribution < -0.4 is 5.32 Å². The van der Waals surface area contributed by atoms with Gasteiger partial charge in [-0.2, -0.15) is 0 Å². The summed E-state index contributed by atoms with van der Waals surface area (Å²) in [4.78, 5) is 23.8. The SMILES string of the molecule is CCCCCCCCCCCCCCCC(=O)N[C@H]1C[C@H](C(=O)C(C)C)C1. The summed E-state index contributed by atoms with van der Waals surface area (Å²) in [6, 6.07) is 0.243. The largest absolute Gasteiger partial charge is 0.353 e. The van der Waals surface area contributed by atoms with Crippen molar-refractivity contribution >= 4 is 11.7 Å². The Bertz CT molecular complexity index is 399. The molecule has 0 aromatic heterocycles. The van der Waals surface area contributed by atoms with Crippen LogP contribution in [0.4, 0.5) is 0 Å². The molecule has 3 heteroatoms. The Morgan fingerprint density at radius 2 is 1.22 bits per heavy atom. The quantitative estimate of drug-likeness (QED) is 0.290. The first-order valence-corrected chi connectivity index (χ1v) is 11.9. The molecule has 1 amide bonds. The summed E-state index contributed by atoms with van der Waals surface area (Å²) in [5.74, 6) is 0.847. The second-order valence-corrected chi connectivity index (χ2v) is 8.98. The van der Waals surface area contributed by atoms with Crippen molar-refractivity contribution in [1.29, 1.82) is 0 Å². The highest BCUT2D eigenvalue weighted by molar-refractivity contribution is 5.84. The summed E-state index contributed by atoms with van der Waals surface area (Å²) < 4.78 is 0. The summed E-state index contributed by atoms with van der Waals surface area (Å²) >= 11 is 0. The number of Topliss-reactive ketones (excluding diaryl/α,β-unsaturated/α-hetero) is 1. The summed E-state index contributed by atoms with van der Waals surface area (Å²) in [6.45, 7) is 6.19. The smallest absolute Gasteiger partial charge is 0.220 e. The molecule has 1 fully saturated rings. The lowest BCUT2D eigenvalue weighted by Gasteiger charge is -2.35. The number of ketones is 1. The normalized spacial score (nSPS) is 19.1. The fourth-order valence-corrected chi connectivity index (χ4v) is 4.04. The first kappa shape index (κ1) is 24.2. The van der Waals surface area contributed by atoms with Gasteiger partial charge in [0.25, 0.3) is 0 Å². The molecule has 3 nitrogen and oxygen atoms in total. The Labute approximate surface area is 168 Å². The Kier molecular flexibility index (Phi) is 13.5. The fraction of sp³-hybridized carbons (Fsp3) is 0.917. The number of nitrogens with one attached hydrogen (secondary N) is 1. The lowest BCUT2D eigenvalue weighted by molar-refractivity contribution is -0.131. The fourth-order valence-electron chi connectivity index (χ4n) is 4.04. The van der Waals surface area contributed by atoms with Crippen LogP contribution in [0, 0.1) is 11.8 Å². The van der Waals surface area contributed by atoms with Crippen LogP contribution in [0.3, 0.4) is 0 Å². The molecule has 0 saturated heterocycles. The number of carbonyl (C=O) groups excluding carboxylic acids is 2. The minimum Gasteiger partial charge on any atom is -0.353 e. The van der Waals surface area contributed by atoms with E-state index in [-0.39, 0.29) is 23.8 Å². The zero-order valence-electron chi connectivity index (χ0n) is 18.4. The molecule has 0 spiro atoms. The highest BCUT2D eigenvalue weighted by Gasteiger charge is 2.35. The molecule has 0 unspecified atom stereocenters. The molecule has 0 bridgehead atoms. The summed E-state index contributed by atoms with van der Waals surface area (Å²) in [5, 5.41) is 3.09. The molecular weight excluding hydrogens is 334 g/mol. The van der Waals surface area contributed by atoms with Gasteiger partial charge >= 0.3 is 0 Å². The Hall–Kier alpha value is -0.860. The van der Waals surface area contributed by atoms with Crippen molar-refractivity contribution in [3.05, 3.63) is 0 Å². The topological polar surface area (TPSA) is 46.2 Å². The van der Waals surface area contributed by atoms with Crippen LogP contribution in [0.15, 0.2) is 0 Å². The zero-order chi connectivity index (χ0) is 19.9. The molecular formula is C24H45NO2. The Morgan fingerprint density at radius 3 is 1.67 bits per heavy atom. The van der Waals surface area contributed by atoms with Crippen LogP contribution in [0.1, 0.15) is 124 Å². The maximum absolute atomic E-state index is 12.0. The number of hydrogen-bond acceptors (Lipinski definition) is 2. The molecule has 1 rings (SSSR count). The number of hydrogen-bond donors (Lipinski definition) is 1. The molecule has 1 aliphatic carbocycles. The molecule has 0 radical (unpaired) electrons. The minimum atomic E-state index is 0.123. The molecule has 158 valence electrons. The first-order valence-electron chi connectivity index (χ1n) is 11.9. The van der Waals surface area contributed by atoms with E-state index in [1.165, 1.54) is 77.0 Å². The number of rotatable bonds is 17. The second kappa shape index (κ2) is 15.1. The van der Waals surface area contributed by atoms with Gasteiger partial charge in [0, 0.05) is 24.3 Å². The van der Waals surface area contributed by atoms with Gasteiger partial charge in [-0.25, -0.2) is 0 Å². The zero-order valence-corrected chi connectivity index (χ0v) is 18.4. The maximum Gasteiger partial charge on any atom is 0.220 e. The van der Waals surface area contributed by atoms with Crippen LogP contribution in [-0.4, -0.2) is 17.7 Å². The van der Waals surface area contributed by atoms with E-state index < -0.39 is 0 Å². The van der Waals surface area contributed by atoms with E-state index in [0.29, 0.717) is 12.2 Å². The van der Waals surface area contributed by atoms with Crippen molar-refractivity contribution in [2.75, 3.05) is 0 Å². The van der Waals surface area contributed by atoms with Gasteiger partial charge in [-0.05, 0) is 19.3 Å². The standard InChI is InChI=1S/C24H45NO2/c1-4-5-6-7-8-9-10-11-12-13-14-15-16-17-23(26)25-22-18-21(19-22)24(27)20(2)3/h20-22H,4-19H2,1-3H3,(H,25,26)/t21-,22-. The third-order valence-corrected chi connectivity index (χ3v) is 5.98. The lowest BCUT2D eigenvalue weighted by atomic mass is 9.75. The summed E-state index contributed by atoms with van der Waals surface area (Å²) in [7, 11) is 0. The monoisotopic (exact) mass is 379 g/mol. The third kappa shape index (κ3) is 11.5. The van der Waals surface area contributed by atoms with Gasteiger partial charge in [0.2, 0.25) is 5.91 Å². The molecule has 0 aliphatic heterocycles.